The van der Waals surface area contributed by atoms with Gasteiger partial charge in [-0.25, -0.2) is 0 Å². The summed E-state index contributed by atoms with van der Waals surface area (Å²) in [5, 5.41) is 3.01. The Balaban J connectivity index is 1.97. The van der Waals surface area contributed by atoms with Gasteiger partial charge in [0.1, 0.15) is 6.54 Å². The molecule has 0 aromatic heterocycles. The quantitative estimate of drug-likeness (QED) is 0.826. The fourth-order valence-corrected chi connectivity index (χ4v) is 2.23. The fraction of sp³-hybridized carbons (Fsp3) is 0.909. The molecule has 98 valence electrons. The van der Waals surface area contributed by atoms with Crippen LogP contribution in [0.3, 0.4) is 0 Å². The van der Waals surface area contributed by atoms with Gasteiger partial charge in [0.05, 0.1) is 6.04 Å². The van der Waals surface area contributed by atoms with Gasteiger partial charge in [-0.15, -0.1) is 0 Å². The summed E-state index contributed by atoms with van der Waals surface area (Å²) in [5.41, 5.74) is 0. The summed E-state index contributed by atoms with van der Waals surface area (Å²) in [6.45, 7) is -0.379. The highest BCUT2D eigenvalue weighted by Gasteiger charge is 2.42. The molecular formula is C11H17F3N2O. The molecule has 1 atom stereocenters. The number of halogens is 3. The van der Waals surface area contributed by atoms with E-state index in [1.165, 1.54) is 0 Å². The monoisotopic (exact) mass is 250 g/mol. The maximum Gasteiger partial charge on any atom is 0.406 e. The van der Waals surface area contributed by atoms with Crippen LogP contribution >= 0.6 is 0 Å². The van der Waals surface area contributed by atoms with Gasteiger partial charge in [-0.05, 0) is 32.2 Å². The minimum atomic E-state index is -4.30. The minimum absolute atomic E-state index is 0.187. The van der Waals surface area contributed by atoms with Crippen LogP contribution in [0.5, 0.6) is 0 Å². The molecule has 1 heterocycles. The third-order valence-corrected chi connectivity index (χ3v) is 3.23. The number of hydrogen-bond acceptors (Lipinski definition) is 2. The van der Waals surface area contributed by atoms with E-state index in [2.05, 4.69) is 5.32 Å². The first-order chi connectivity index (χ1) is 7.97. The molecule has 17 heavy (non-hydrogen) atoms. The summed E-state index contributed by atoms with van der Waals surface area (Å²) < 4.78 is 37.2. The van der Waals surface area contributed by atoms with Gasteiger partial charge in [0.25, 0.3) is 0 Å². The van der Waals surface area contributed by atoms with E-state index < -0.39 is 18.8 Å². The molecule has 6 heteroatoms. The standard InChI is InChI=1S/C11H17F3N2O/c12-11(13,14)7-16(8-4-5-8)10(17)9-3-1-2-6-15-9/h8-9,15H,1-7H2/t9-/m0/s1. The zero-order valence-electron chi connectivity index (χ0n) is 9.59. The van der Waals surface area contributed by atoms with E-state index in [0.29, 0.717) is 19.3 Å². The summed E-state index contributed by atoms with van der Waals surface area (Å²) in [7, 11) is 0. The number of hydrogen-bond donors (Lipinski definition) is 1. The predicted octanol–water partition coefficient (Wildman–Crippen LogP) is 1.68. The average Bonchev–Trinajstić information content (AvgIpc) is 3.09. The Kier molecular flexibility index (Phi) is 3.61. The number of nitrogens with zero attached hydrogens (tertiary/aromatic N) is 1. The zero-order chi connectivity index (χ0) is 12.5. The van der Waals surface area contributed by atoms with Gasteiger partial charge in [-0.1, -0.05) is 6.42 Å². The lowest BCUT2D eigenvalue weighted by Crippen LogP contribution is -2.51. The number of alkyl halides is 3. The minimum Gasteiger partial charge on any atom is -0.329 e. The van der Waals surface area contributed by atoms with E-state index in [1.54, 1.807) is 0 Å². The Labute approximate surface area is 98.3 Å². The number of carbonyl (C=O) groups is 1. The van der Waals surface area contributed by atoms with E-state index in [1.807, 2.05) is 0 Å². The average molecular weight is 250 g/mol. The van der Waals surface area contributed by atoms with E-state index in [9.17, 15) is 18.0 Å². The van der Waals surface area contributed by atoms with Crippen LogP contribution in [0.15, 0.2) is 0 Å². The van der Waals surface area contributed by atoms with Gasteiger partial charge in [0, 0.05) is 6.04 Å². The molecule has 1 aliphatic heterocycles. The smallest absolute Gasteiger partial charge is 0.329 e. The van der Waals surface area contributed by atoms with Crippen molar-refractivity contribution in [3.8, 4) is 0 Å². The second-order valence-electron chi connectivity index (χ2n) is 4.81. The maximum atomic E-state index is 12.4. The van der Waals surface area contributed by atoms with Crippen molar-refractivity contribution >= 4 is 5.91 Å². The van der Waals surface area contributed by atoms with Crippen LogP contribution in [0.25, 0.3) is 0 Å². The molecule has 3 nitrogen and oxygen atoms in total. The molecular weight excluding hydrogens is 233 g/mol. The summed E-state index contributed by atoms with van der Waals surface area (Å²) in [5.74, 6) is -0.371. The van der Waals surface area contributed by atoms with Crippen molar-refractivity contribution in [3.05, 3.63) is 0 Å². The van der Waals surface area contributed by atoms with Gasteiger partial charge in [0.15, 0.2) is 0 Å². The Hall–Kier alpha value is -0.780. The highest BCUT2D eigenvalue weighted by Crippen LogP contribution is 2.31. The van der Waals surface area contributed by atoms with E-state index >= 15 is 0 Å². The molecule has 2 aliphatic rings. The molecule has 2 rings (SSSR count). The van der Waals surface area contributed by atoms with Crippen molar-refractivity contribution in [3.63, 3.8) is 0 Å². The molecule has 1 saturated carbocycles. The normalized spacial score (nSPS) is 25.7. The van der Waals surface area contributed by atoms with Crippen molar-refractivity contribution in [2.75, 3.05) is 13.1 Å². The topological polar surface area (TPSA) is 32.3 Å². The number of nitrogens with one attached hydrogen (secondary N) is 1. The van der Waals surface area contributed by atoms with Gasteiger partial charge in [-0.2, -0.15) is 13.2 Å². The van der Waals surface area contributed by atoms with Crippen LogP contribution in [0.1, 0.15) is 32.1 Å². The SMILES string of the molecule is O=C([C@@H]1CCCCN1)N(CC(F)(F)F)C1CC1. The lowest BCUT2D eigenvalue weighted by molar-refractivity contribution is -0.164. The predicted molar refractivity (Wildman–Crippen MR) is 56.4 cm³/mol. The van der Waals surface area contributed by atoms with Crippen LogP contribution in [0, 0.1) is 0 Å². The molecule has 1 aliphatic carbocycles. The van der Waals surface area contributed by atoms with Gasteiger partial charge >= 0.3 is 6.18 Å². The fourth-order valence-electron chi connectivity index (χ4n) is 2.23. The maximum absolute atomic E-state index is 12.4. The summed E-state index contributed by atoms with van der Waals surface area (Å²) in [6, 6.07) is -0.598. The second-order valence-corrected chi connectivity index (χ2v) is 4.81. The van der Waals surface area contributed by atoms with E-state index in [0.717, 1.165) is 24.3 Å². The molecule has 0 radical (unpaired) electrons. The summed E-state index contributed by atoms with van der Waals surface area (Å²) >= 11 is 0. The van der Waals surface area contributed by atoms with Gasteiger partial charge < -0.3 is 10.2 Å². The zero-order valence-corrected chi connectivity index (χ0v) is 9.59. The molecule has 0 aromatic carbocycles. The second kappa shape index (κ2) is 4.84. The molecule has 1 amide bonds. The summed E-state index contributed by atoms with van der Waals surface area (Å²) in [6.07, 6.45) is -0.337. The first-order valence-corrected chi connectivity index (χ1v) is 6.08. The molecule has 0 unspecified atom stereocenters. The van der Waals surface area contributed by atoms with E-state index in [4.69, 9.17) is 0 Å². The first kappa shape index (κ1) is 12.7. The molecule has 1 saturated heterocycles. The van der Waals surface area contributed by atoms with Crippen molar-refractivity contribution in [1.82, 2.24) is 10.2 Å². The van der Waals surface area contributed by atoms with Crippen LogP contribution in [0.4, 0.5) is 13.2 Å². The largest absolute Gasteiger partial charge is 0.406 e. The van der Waals surface area contributed by atoms with Crippen molar-refractivity contribution < 1.29 is 18.0 Å². The third kappa shape index (κ3) is 3.59. The van der Waals surface area contributed by atoms with Gasteiger partial charge in [-0.3, -0.25) is 4.79 Å². The van der Waals surface area contributed by atoms with Crippen molar-refractivity contribution in [1.29, 1.82) is 0 Å². The lowest BCUT2D eigenvalue weighted by atomic mass is 10.0. The molecule has 0 aromatic rings. The van der Waals surface area contributed by atoms with Gasteiger partial charge in [0.2, 0.25) is 5.91 Å². The van der Waals surface area contributed by atoms with Crippen molar-refractivity contribution in [2.45, 2.75) is 50.4 Å². The van der Waals surface area contributed by atoms with E-state index in [-0.39, 0.29) is 11.9 Å². The Morgan fingerprint density at radius 3 is 2.41 bits per heavy atom. The Morgan fingerprint density at radius 1 is 1.24 bits per heavy atom. The van der Waals surface area contributed by atoms with Crippen LogP contribution in [-0.2, 0) is 4.79 Å². The molecule has 0 spiro atoms. The third-order valence-electron chi connectivity index (χ3n) is 3.23. The van der Waals surface area contributed by atoms with Crippen molar-refractivity contribution in [2.24, 2.45) is 0 Å². The number of carbonyl (C=O) groups excluding carboxylic acids is 1. The van der Waals surface area contributed by atoms with Crippen LogP contribution in [-0.4, -0.2) is 42.2 Å². The highest BCUT2D eigenvalue weighted by atomic mass is 19.4. The Morgan fingerprint density at radius 2 is 1.94 bits per heavy atom. The molecule has 0 bridgehead atoms. The molecule has 1 N–H and O–H groups in total. The lowest BCUT2D eigenvalue weighted by Gasteiger charge is -2.30. The number of piperidine rings is 1. The highest BCUT2D eigenvalue weighted by molar-refractivity contribution is 5.82. The molecule has 2 fully saturated rings. The van der Waals surface area contributed by atoms with Crippen LogP contribution < -0.4 is 5.32 Å². The first-order valence-electron chi connectivity index (χ1n) is 6.08. The Bertz CT molecular complexity index is 283. The van der Waals surface area contributed by atoms with Crippen LogP contribution in [0.2, 0.25) is 0 Å². The summed E-state index contributed by atoms with van der Waals surface area (Å²) in [4.78, 5) is 13.0. The number of rotatable bonds is 3. The number of amides is 1.